The number of rotatable bonds is 8. The van der Waals surface area contributed by atoms with E-state index >= 15 is 0 Å². The van der Waals surface area contributed by atoms with Crippen LogP contribution < -0.4 is 14.8 Å². The molecule has 5 nitrogen and oxygen atoms in total. The summed E-state index contributed by atoms with van der Waals surface area (Å²) in [5, 5.41) is 12.3. The topological polar surface area (TPSA) is 71.3 Å². The molecule has 3 rings (SSSR count). The molecule has 168 valence electrons. The first-order valence-electron chi connectivity index (χ1n) is 10.8. The van der Waals surface area contributed by atoms with Crippen molar-refractivity contribution >= 4 is 17.7 Å². The smallest absolute Gasteiger partial charge is 0.266 e. The van der Waals surface area contributed by atoms with Crippen LogP contribution in [0.3, 0.4) is 0 Å². The third kappa shape index (κ3) is 6.47. The van der Waals surface area contributed by atoms with Gasteiger partial charge in [-0.2, -0.15) is 5.26 Å². The van der Waals surface area contributed by atoms with E-state index in [1.807, 2.05) is 76.2 Å². The number of anilines is 1. The van der Waals surface area contributed by atoms with Gasteiger partial charge in [-0.05, 0) is 80.3 Å². The highest BCUT2D eigenvalue weighted by Crippen LogP contribution is 2.30. The van der Waals surface area contributed by atoms with Crippen LogP contribution in [0, 0.1) is 32.1 Å². The number of nitrogens with one attached hydrogen (secondary N) is 1. The van der Waals surface area contributed by atoms with Crippen LogP contribution in [0.4, 0.5) is 5.69 Å². The van der Waals surface area contributed by atoms with Crippen LogP contribution >= 0.6 is 0 Å². The standard InChI is InChI=1S/C28H28N2O3/c1-5-32-27-16-23(11-13-26(27)33-18-22-9-6-19(2)7-10-22)15-24(17-29)28(31)30-25-12-8-20(3)21(4)14-25/h6-16H,5,18H2,1-4H3,(H,30,31). The fraction of sp³-hybridized carbons (Fsp3) is 0.214. The molecule has 0 spiro atoms. The van der Waals surface area contributed by atoms with Crippen molar-refractivity contribution in [3.63, 3.8) is 0 Å². The first-order chi connectivity index (χ1) is 15.9. The van der Waals surface area contributed by atoms with E-state index in [1.165, 1.54) is 5.56 Å². The van der Waals surface area contributed by atoms with Crippen molar-refractivity contribution in [1.82, 2.24) is 0 Å². The number of carbonyl (C=O) groups excluding carboxylic acids is 1. The van der Waals surface area contributed by atoms with Crippen molar-refractivity contribution < 1.29 is 14.3 Å². The van der Waals surface area contributed by atoms with Crippen LogP contribution in [0.2, 0.25) is 0 Å². The Balaban J connectivity index is 1.77. The van der Waals surface area contributed by atoms with E-state index in [-0.39, 0.29) is 5.57 Å². The van der Waals surface area contributed by atoms with Gasteiger partial charge in [-0.3, -0.25) is 4.79 Å². The summed E-state index contributed by atoms with van der Waals surface area (Å²) in [5.41, 5.74) is 5.78. The van der Waals surface area contributed by atoms with Gasteiger partial charge in [-0.25, -0.2) is 0 Å². The second kappa shape index (κ2) is 11.0. The molecule has 1 amide bonds. The molecule has 0 saturated heterocycles. The first-order valence-corrected chi connectivity index (χ1v) is 10.8. The normalized spacial score (nSPS) is 10.9. The molecule has 5 heteroatoms. The largest absolute Gasteiger partial charge is 0.490 e. The maximum Gasteiger partial charge on any atom is 0.266 e. The van der Waals surface area contributed by atoms with Gasteiger partial charge in [-0.1, -0.05) is 42.0 Å². The molecule has 0 radical (unpaired) electrons. The Hall–Kier alpha value is -4.04. The van der Waals surface area contributed by atoms with Gasteiger partial charge in [0.25, 0.3) is 5.91 Å². The monoisotopic (exact) mass is 440 g/mol. The van der Waals surface area contributed by atoms with E-state index in [0.717, 1.165) is 16.7 Å². The van der Waals surface area contributed by atoms with Gasteiger partial charge < -0.3 is 14.8 Å². The van der Waals surface area contributed by atoms with Gasteiger partial charge >= 0.3 is 0 Å². The van der Waals surface area contributed by atoms with Crippen LogP contribution in [-0.4, -0.2) is 12.5 Å². The predicted octanol–water partition coefficient (Wildman–Crippen LogP) is 6.14. The molecule has 0 bridgehead atoms. The Morgan fingerprint density at radius 3 is 2.36 bits per heavy atom. The van der Waals surface area contributed by atoms with Gasteiger partial charge in [0.05, 0.1) is 6.61 Å². The third-order valence-corrected chi connectivity index (χ3v) is 5.22. The molecule has 3 aromatic rings. The Kier molecular flexibility index (Phi) is 7.88. The van der Waals surface area contributed by atoms with Crippen molar-refractivity contribution in [1.29, 1.82) is 5.26 Å². The number of benzene rings is 3. The predicted molar refractivity (Wildman–Crippen MR) is 131 cm³/mol. The van der Waals surface area contributed by atoms with Crippen LogP contribution in [0.5, 0.6) is 11.5 Å². The van der Waals surface area contributed by atoms with E-state index in [0.29, 0.717) is 36.0 Å². The highest BCUT2D eigenvalue weighted by molar-refractivity contribution is 6.09. The summed E-state index contributed by atoms with van der Waals surface area (Å²) >= 11 is 0. The molecule has 0 aliphatic rings. The minimum atomic E-state index is -0.460. The molecule has 0 unspecified atom stereocenters. The van der Waals surface area contributed by atoms with Gasteiger partial charge in [0.15, 0.2) is 11.5 Å². The average Bonchev–Trinajstić information content (AvgIpc) is 2.80. The zero-order valence-electron chi connectivity index (χ0n) is 19.4. The van der Waals surface area contributed by atoms with Crippen LogP contribution in [0.15, 0.2) is 66.2 Å². The molecule has 3 aromatic carbocycles. The third-order valence-electron chi connectivity index (χ3n) is 5.22. The molecular formula is C28H28N2O3. The zero-order chi connectivity index (χ0) is 23.8. The lowest BCUT2D eigenvalue weighted by molar-refractivity contribution is -0.112. The minimum Gasteiger partial charge on any atom is -0.490 e. The van der Waals surface area contributed by atoms with E-state index < -0.39 is 5.91 Å². The molecule has 0 atom stereocenters. The highest BCUT2D eigenvalue weighted by atomic mass is 16.5. The lowest BCUT2D eigenvalue weighted by Crippen LogP contribution is -2.13. The molecule has 0 heterocycles. The van der Waals surface area contributed by atoms with Gasteiger partial charge in [0, 0.05) is 5.69 Å². The molecule has 0 aliphatic heterocycles. The lowest BCUT2D eigenvalue weighted by Gasteiger charge is -2.13. The maximum absolute atomic E-state index is 12.6. The quantitative estimate of drug-likeness (QED) is 0.338. The maximum atomic E-state index is 12.6. The summed E-state index contributed by atoms with van der Waals surface area (Å²) in [7, 11) is 0. The van der Waals surface area contributed by atoms with Crippen LogP contribution in [0.1, 0.15) is 34.7 Å². The Bertz CT molecular complexity index is 1200. The summed E-state index contributed by atoms with van der Waals surface area (Å²) in [6.45, 7) is 8.80. The fourth-order valence-electron chi connectivity index (χ4n) is 3.18. The van der Waals surface area contributed by atoms with Crippen molar-refractivity contribution in [2.75, 3.05) is 11.9 Å². The first kappa shape index (κ1) is 23.6. The summed E-state index contributed by atoms with van der Waals surface area (Å²) in [6, 6.07) is 21.1. The number of amides is 1. The van der Waals surface area contributed by atoms with Crippen molar-refractivity contribution in [2.24, 2.45) is 0 Å². The van der Waals surface area contributed by atoms with Crippen molar-refractivity contribution in [3.05, 3.63) is 94.1 Å². The second-order valence-corrected chi connectivity index (χ2v) is 7.84. The highest BCUT2D eigenvalue weighted by Gasteiger charge is 2.12. The fourth-order valence-corrected chi connectivity index (χ4v) is 3.18. The lowest BCUT2D eigenvalue weighted by atomic mass is 10.1. The van der Waals surface area contributed by atoms with E-state index in [4.69, 9.17) is 9.47 Å². The number of nitriles is 1. The minimum absolute atomic E-state index is 0.00370. The van der Waals surface area contributed by atoms with Gasteiger partial charge in [-0.15, -0.1) is 0 Å². The van der Waals surface area contributed by atoms with Gasteiger partial charge in [0.1, 0.15) is 18.2 Å². The van der Waals surface area contributed by atoms with Crippen LogP contribution in [-0.2, 0) is 11.4 Å². The van der Waals surface area contributed by atoms with E-state index in [1.54, 1.807) is 24.3 Å². The number of hydrogen-bond donors (Lipinski definition) is 1. The number of hydrogen-bond acceptors (Lipinski definition) is 4. The van der Waals surface area contributed by atoms with Gasteiger partial charge in [0.2, 0.25) is 0 Å². The molecule has 0 aliphatic carbocycles. The summed E-state index contributed by atoms with van der Waals surface area (Å²) < 4.78 is 11.7. The number of ether oxygens (including phenoxy) is 2. The van der Waals surface area contributed by atoms with Crippen molar-refractivity contribution in [2.45, 2.75) is 34.3 Å². The summed E-state index contributed by atoms with van der Waals surface area (Å²) in [6.07, 6.45) is 1.54. The summed E-state index contributed by atoms with van der Waals surface area (Å²) in [5.74, 6) is 0.705. The number of carbonyl (C=O) groups is 1. The molecule has 33 heavy (non-hydrogen) atoms. The SMILES string of the molecule is CCOc1cc(C=C(C#N)C(=O)Nc2ccc(C)c(C)c2)ccc1OCc1ccc(C)cc1. The van der Waals surface area contributed by atoms with Crippen molar-refractivity contribution in [3.8, 4) is 17.6 Å². The molecule has 0 saturated carbocycles. The number of aryl methyl sites for hydroxylation is 3. The van der Waals surface area contributed by atoms with E-state index in [2.05, 4.69) is 5.32 Å². The average molecular weight is 441 g/mol. The summed E-state index contributed by atoms with van der Waals surface area (Å²) in [4.78, 5) is 12.6. The molecular weight excluding hydrogens is 412 g/mol. The Labute approximate surface area is 195 Å². The van der Waals surface area contributed by atoms with E-state index in [9.17, 15) is 10.1 Å². The molecule has 1 N–H and O–H groups in total. The second-order valence-electron chi connectivity index (χ2n) is 7.84. The number of nitrogens with zero attached hydrogens (tertiary/aromatic N) is 1. The molecule has 0 fully saturated rings. The Morgan fingerprint density at radius 2 is 1.70 bits per heavy atom. The van der Waals surface area contributed by atoms with Crippen LogP contribution in [0.25, 0.3) is 6.08 Å². The zero-order valence-corrected chi connectivity index (χ0v) is 19.4. The molecule has 0 aromatic heterocycles. The Morgan fingerprint density at radius 1 is 0.939 bits per heavy atom.